The van der Waals surface area contributed by atoms with Gasteiger partial charge in [-0.15, -0.1) is 0 Å². The molecule has 0 fully saturated rings. The molecule has 2 aromatic carbocycles. The third-order valence-electron chi connectivity index (χ3n) is 3.86. The molecule has 25 heavy (non-hydrogen) atoms. The van der Waals surface area contributed by atoms with Gasteiger partial charge in [0.2, 0.25) is 0 Å². The molecule has 5 heteroatoms. The van der Waals surface area contributed by atoms with Crippen LogP contribution < -0.4 is 5.43 Å². The number of nitrogens with one attached hydrogen (secondary N) is 1. The molecule has 1 aromatic heterocycles. The largest absolute Gasteiger partial charge is 0.508 e. The minimum atomic E-state index is -0.269. The Kier molecular flexibility index (Phi) is 4.95. The molecule has 1 amide bonds. The minimum Gasteiger partial charge on any atom is -0.508 e. The summed E-state index contributed by atoms with van der Waals surface area (Å²) in [7, 11) is 0. The molecule has 3 rings (SSSR count). The van der Waals surface area contributed by atoms with Crippen molar-refractivity contribution in [1.82, 2.24) is 9.99 Å². The van der Waals surface area contributed by atoms with Crippen LogP contribution >= 0.6 is 0 Å². The van der Waals surface area contributed by atoms with Gasteiger partial charge in [0.1, 0.15) is 5.75 Å². The number of aromatic hydroxyl groups is 1. The van der Waals surface area contributed by atoms with Crippen LogP contribution in [0.4, 0.5) is 0 Å². The number of phenolic OH excluding ortho intramolecular Hbond substituents is 1. The zero-order chi connectivity index (χ0) is 17.6. The van der Waals surface area contributed by atoms with Gasteiger partial charge in [0.05, 0.1) is 17.0 Å². The van der Waals surface area contributed by atoms with Gasteiger partial charge >= 0.3 is 0 Å². The van der Waals surface area contributed by atoms with Gasteiger partial charge in [0, 0.05) is 12.4 Å². The van der Waals surface area contributed by atoms with Gasteiger partial charge in [-0.05, 0) is 60.5 Å². The van der Waals surface area contributed by atoms with Crippen LogP contribution in [0.25, 0.3) is 5.69 Å². The zero-order valence-corrected chi connectivity index (χ0v) is 13.9. The number of para-hydroxylation sites is 1. The number of amides is 1. The molecule has 0 aliphatic rings. The van der Waals surface area contributed by atoms with Crippen LogP contribution in [0.15, 0.2) is 78.2 Å². The number of hydrogen-bond donors (Lipinski definition) is 2. The average Bonchev–Trinajstić information content (AvgIpc) is 3.18. The lowest BCUT2D eigenvalue weighted by molar-refractivity contribution is 0.0955. The highest BCUT2D eigenvalue weighted by Gasteiger charge is 2.12. The van der Waals surface area contributed by atoms with Crippen molar-refractivity contribution >= 4 is 11.6 Å². The van der Waals surface area contributed by atoms with Gasteiger partial charge in [0.25, 0.3) is 5.91 Å². The molecule has 1 heterocycles. The number of rotatable bonds is 5. The maximum atomic E-state index is 12.6. The monoisotopic (exact) mass is 333 g/mol. The summed E-state index contributed by atoms with van der Waals surface area (Å²) in [6.45, 7) is 1.96. The number of phenols is 1. The Labute approximate surface area is 146 Å². The molecule has 126 valence electrons. The van der Waals surface area contributed by atoms with Crippen LogP contribution in [0.1, 0.15) is 29.3 Å². The van der Waals surface area contributed by atoms with E-state index in [1.54, 1.807) is 30.3 Å². The highest BCUT2D eigenvalue weighted by molar-refractivity contribution is 6.03. The topological polar surface area (TPSA) is 66.6 Å². The van der Waals surface area contributed by atoms with Crippen molar-refractivity contribution in [2.75, 3.05) is 0 Å². The first-order valence-electron chi connectivity index (χ1n) is 8.07. The van der Waals surface area contributed by atoms with Gasteiger partial charge < -0.3 is 9.67 Å². The van der Waals surface area contributed by atoms with Crippen molar-refractivity contribution in [2.45, 2.75) is 13.3 Å². The van der Waals surface area contributed by atoms with E-state index < -0.39 is 0 Å². The van der Waals surface area contributed by atoms with E-state index >= 15 is 0 Å². The average molecular weight is 333 g/mol. The second-order valence-corrected chi connectivity index (χ2v) is 5.51. The number of hydrogen-bond acceptors (Lipinski definition) is 3. The number of carbonyl (C=O) groups is 1. The van der Waals surface area contributed by atoms with Crippen LogP contribution in [0.2, 0.25) is 0 Å². The first-order valence-corrected chi connectivity index (χ1v) is 8.07. The van der Waals surface area contributed by atoms with Crippen molar-refractivity contribution in [3.05, 3.63) is 84.2 Å². The number of aromatic nitrogens is 1. The van der Waals surface area contributed by atoms with Crippen molar-refractivity contribution in [3.63, 3.8) is 0 Å². The molecule has 0 spiro atoms. The van der Waals surface area contributed by atoms with Crippen molar-refractivity contribution < 1.29 is 9.90 Å². The summed E-state index contributed by atoms with van der Waals surface area (Å²) in [5.74, 6) is -0.0714. The Morgan fingerprint density at radius 1 is 1.04 bits per heavy atom. The van der Waals surface area contributed by atoms with E-state index in [0.717, 1.165) is 17.0 Å². The van der Waals surface area contributed by atoms with Crippen LogP contribution in [0.5, 0.6) is 5.75 Å². The van der Waals surface area contributed by atoms with Crippen molar-refractivity contribution in [3.8, 4) is 11.4 Å². The molecule has 0 saturated heterocycles. The van der Waals surface area contributed by atoms with Crippen molar-refractivity contribution in [1.29, 1.82) is 0 Å². The Hall–Kier alpha value is -3.34. The summed E-state index contributed by atoms with van der Waals surface area (Å²) >= 11 is 0. The van der Waals surface area contributed by atoms with Gasteiger partial charge in [-0.2, -0.15) is 5.10 Å². The van der Waals surface area contributed by atoms with E-state index in [9.17, 15) is 9.90 Å². The molecule has 2 N–H and O–H groups in total. The van der Waals surface area contributed by atoms with Gasteiger partial charge in [-0.1, -0.05) is 19.1 Å². The molecule has 0 unspecified atom stereocenters. The Morgan fingerprint density at radius 3 is 2.40 bits per heavy atom. The van der Waals surface area contributed by atoms with E-state index in [4.69, 9.17) is 0 Å². The lowest BCUT2D eigenvalue weighted by Crippen LogP contribution is -2.21. The summed E-state index contributed by atoms with van der Waals surface area (Å²) in [5, 5.41) is 13.7. The van der Waals surface area contributed by atoms with E-state index in [-0.39, 0.29) is 11.7 Å². The first-order chi connectivity index (χ1) is 12.2. The standard InChI is InChI=1S/C20H19N3O2/c1-2-18(15-9-11-16(24)12-10-15)21-22-20(25)17-7-3-4-8-19(17)23-13-5-6-14-23/h3-14,24H,2H2,1H3,(H,22,25)/b21-18+. The fraction of sp³-hybridized carbons (Fsp3) is 0.100. The molecule has 0 atom stereocenters. The summed E-state index contributed by atoms with van der Waals surface area (Å²) in [5.41, 5.74) is 5.58. The van der Waals surface area contributed by atoms with E-state index in [2.05, 4.69) is 10.5 Å². The van der Waals surface area contributed by atoms with Gasteiger partial charge in [-0.3, -0.25) is 4.79 Å². The number of nitrogens with zero attached hydrogens (tertiary/aromatic N) is 2. The van der Waals surface area contributed by atoms with Gasteiger partial charge in [-0.25, -0.2) is 5.43 Å². The van der Waals surface area contributed by atoms with Crippen LogP contribution in [-0.4, -0.2) is 21.3 Å². The Bertz CT molecular complexity index is 882. The van der Waals surface area contributed by atoms with Crippen LogP contribution in [-0.2, 0) is 0 Å². The fourth-order valence-electron chi connectivity index (χ4n) is 2.57. The maximum Gasteiger partial charge on any atom is 0.273 e. The number of benzene rings is 2. The fourth-order valence-corrected chi connectivity index (χ4v) is 2.57. The van der Waals surface area contributed by atoms with Crippen LogP contribution in [0, 0.1) is 0 Å². The predicted octanol–water partition coefficient (Wildman–Crippen LogP) is 3.73. The van der Waals surface area contributed by atoms with Crippen molar-refractivity contribution in [2.24, 2.45) is 5.10 Å². The lowest BCUT2D eigenvalue weighted by Gasteiger charge is -2.10. The van der Waals surface area contributed by atoms with Gasteiger partial charge in [0.15, 0.2) is 0 Å². The van der Waals surface area contributed by atoms with E-state index in [0.29, 0.717) is 12.0 Å². The second kappa shape index (κ2) is 7.49. The SMILES string of the molecule is CC/C(=N\NC(=O)c1ccccc1-n1cccc1)c1ccc(O)cc1. The molecule has 0 radical (unpaired) electrons. The second-order valence-electron chi connectivity index (χ2n) is 5.51. The molecule has 0 saturated carbocycles. The molecule has 0 aliphatic carbocycles. The zero-order valence-electron chi connectivity index (χ0n) is 13.9. The van der Waals surface area contributed by atoms with E-state index in [1.807, 2.05) is 54.2 Å². The third-order valence-corrected chi connectivity index (χ3v) is 3.86. The Morgan fingerprint density at radius 2 is 1.72 bits per heavy atom. The lowest BCUT2D eigenvalue weighted by atomic mass is 10.1. The molecule has 0 aliphatic heterocycles. The summed E-state index contributed by atoms with van der Waals surface area (Å²) < 4.78 is 1.89. The molecule has 3 aromatic rings. The number of carbonyl (C=O) groups excluding carboxylic acids is 1. The normalized spacial score (nSPS) is 11.3. The number of hydrazone groups is 1. The quantitative estimate of drug-likeness (QED) is 0.552. The molecule has 0 bridgehead atoms. The highest BCUT2D eigenvalue weighted by atomic mass is 16.3. The summed E-state index contributed by atoms with van der Waals surface area (Å²) in [4.78, 5) is 12.6. The van der Waals surface area contributed by atoms with E-state index in [1.165, 1.54) is 0 Å². The minimum absolute atomic E-state index is 0.198. The first kappa shape index (κ1) is 16.5. The Balaban J connectivity index is 1.84. The molecule has 5 nitrogen and oxygen atoms in total. The third kappa shape index (κ3) is 3.77. The highest BCUT2D eigenvalue weighted by Crippen LogP contribution is 2.15. The van der Waals surface area contributed by atoms with Crippen LogP contribution in [0.3, 0.4) is 0 Å². The summed E-state index contributed by atoms with van der Waals surface area (Å²) in [6.07, 6.45) is 4.44. The molecular weight excluding hydrogens is 314 g/mol. The smallest absolute Gasteiger partial charge is 0.273 e. The maximum absolute atomic E-state index is 12.6. The summed E-state index contributed by atoms with van der Waals surface area (Å²) in [6, 6.07) is 17.9. The predicted molar refractivity (Wildman–Crippen MR) is 98.2 cm³/mol. The molecular formula is C20H19N3O2.